The molecule has 0 spiro atoms. The molecule has 1 heterocycles. The SMILES string of the molecule is O=C(CCCNc1ncccn1)NCCc1ccc(Cl)cc1Cl. The van der Waals surface area contributed by atoms with Gasteiger partial charge in [-0.25, -0.2) is 9.97 Å². The van der Waals surface area contributed by atoms with Crippen molar-refractivity contribution in [1.82, 2.24) is 15.3 Å². The van der Waals surface area contributed by atoms with Crippen LogP contribution in [0.2, 0.25) is 10.0 Å². The van der Waals surface area contributed by atoms with Gasteiger partial charge in [-0.1, -0.05) is 29.3 Å². The Labute approximate surface area is 145 Å². The van der Waals surface area contributed by atoms with E-state index in [2.05, 4.69) is 20.6 Å². The predicted octanol–water partition coefficient (Wildman–Crippen LogP) is 3.33. The highest BCUT2D eigenvalue weighted by Gasteiger charge is 2.04. The van der Waals surface area contributed by atoms with Crippen LogP contribution in [0, 0.1) is 0 Å². The van der Waals surface area contributed by atoms with Gasteiger partial charge in [0.25, 0.3) is 0 Å². The summed E-state index contributed by atoms with van der Waals surface area (Å²) in [5.41, 5.74) is 0.972. The van der Waals surface area contributed by atoms with Gasteiger partial charge in [-0.15, -0.1) is 0 Å². The third-order valence-electron chi connectivity index (χ3n) is 3.16. The molecule has 0 radical (unpaired) electrons. The smallest absolute Gasteiger partial charge is 0.222 e. The molecule has 2 N–H and O–H groups in total. The highest BCUT2D eigenvalue weighted by Crippen LogP contribution is 2.21. The first-order valence-corrected chi connectivity index (χ1v) is 8.12. The lowest BCUT2D eigenvalue weighted by atomic mass is 10.1. The van der Waals surface area contributed by atoms with Gasteiger partial charge in [0.15, 0.2) is 0 Å². The van der Waals surface area contributed by atoms with Crippen molar-refractivity contribution >= 4 is 35.1 Å². The molecule has 0 saturated heterocycles. The van der Waals surface area contributed by atoms with E-state index in [9.17, 15) is 4.79 Å². The number of carbonyl (C=O) groups is 1. The van der Waals surface area contributed by atoms with E-state index >= 15 is 0 Å². The number of amides is 1. The Balaban J connectivity index is 1.60. The Morgan fingerprint density at radius 3 is 2.65 bits per heavy atom. The van der Waals surface area contributed by atoms with Crippen molar-refractivity contribution in [3.63, 3.8) is 0 Å². The van der Waals surface area contributed by atoms with Crippen LogP contribution in [0.5, 0.6) is 0 Å². The van der Waals surface area contributed by atoms with Crippen LogP contribution in [0.1, 0.15) is 18.4 Å². The monoisotopic (exact) mass is 352 g/mol. The van der Waals surface area contributed by atoms with Gasteiger partial charge in [0.1, 0.15) is 0 Å². The van der Waals surface area contributed by atoms with E-state index in [0.29, 0.717) is 48.3 Å². The lowest BCUT2D eigenvalue weighted by molar-refractivity contribution is -0.121. The molecule has 1 aromatic heterocycles. The van der Waals surface area contributed by atoms with Gasteiger partial charge in [0.05, 0.1) is 0 Å². The van der Waals surface area contributed by atoms with Crippen LogP contribution < -0.4 is 10.6 Å². The van der Waals surface area contributed by atoms with Gasteiger partial charge in [-0.05, 0) is 36.6 Å². The summed E-state index contributed by atoms with van der Waals surface area (Å²) in [7, 11) is 0. The number of nitrogens with one attached hydrogen (secondary N) is 2. The van der Waals surface area contributed by atoms with E-state index in [4.69, 9.17) is 23.2 Å². The lowest BCUT2D eigenvalue weighted by Crippen LogP contribution is -2.26. The fourth-order valence-corrected chi connectivity index (χ4v) is 2.49. The van der Waals surface area contributed by atoms with Gasteiger partial charge in [0, 0.05) is 41.9 Å². The Morgan fingerprint density at radius 1 is 1.13 bits per heavy atom. The summed E-state index contributed by atoms with van der Waals surface area (Å²) in [6, 6.07) is 7.13. The maximum absolute atomic E-state index is 11.8. The Kier molecular flexibility index (Phi) is 7.10. The van der Waals surface area contributed by atoms with Gasteiger partial charge in [0.2, 0.25) is 11.9 Å². The fraction of sp³-hybridized carbons (Fsp3) is 0.312. The molecule has 2 rings (SSSR count). The summed E-state index contributed by atoms with van der Waals surface area (Å²) >= 11 is 11.9. The zero-order valence-electron chi connectivity index (χ0n) is 12.6. The minimum Gasteiger partial charge on any atom is -0.356 e. The quantitative estimate of drug-likeness (QED) is 0.715. The number of carbonyl (C=O) groups excluding carboxylic acids is 1. The number of aromatic nitrogens is 2. The largest absolute Gasteiger partial charge is 0.356 e. The number of nitrogens with zero attached hydrogens (tertiary/aromatic N) is 2. The lowest BCUT2D eigenvalue weighted by Gasteiger charge is -2.07. The number of halogens is 2. The van der Waals surface area contributed by atoms with E-state index in [-0.39, 0.29) is 5.91 Å². The summed E-state index contributed by atoms with van der Waals surface area (Å²) in [5.74, 6) is 0.594. The molecule has 7 heteroatoms. The Morgan fingerprint density at radius 2 is 1.91 bits per heavy atom. The maximum Gasteiger partial charge on any atom is 0.222 e. The summed E-state index contributed by atoms with van der Waals surface area (Å²) in [6.45, 7) is 1.20. The number of hydrogen-bond acceptors (Lipinski definition) is 4. The second kappa shape index (κ2) is 9.33. The van der Waals surface area contributed by atoms with Gasteiger partial charge >= 0.3 is 0 Å². The third kappa shape index (κ3) is 6.42. The van der Waals surface area contributed by atoms with Crippen molar-refractivity contribution in [2.45, 2.75) is 19.3 Å². The minimum absolute atomic E-state index is 0.0193. The molecule has 122 valence electrons. The van der Waals surface area contributed by atoms with Crippen LogP contribution in [-0.4, -0.2) is 29.0 Å². The maximum atomic E-state index is 11.8. The zero-order valence-corrected chi connectivity index (χ0v) is 14.1. The molecule has 1 aromatic carbocycles. The van der Waals surface area contributed by atoms with Crippen molar-refractivity contribution in [1.29, 1.82) is 0 Å². The first kappa shape index (κ1) is 17.5. The van der Waals surface area contributed by atoms with E-state index in [1.54, 1.807) is 30.6 Å². The van der Waals surface area contributed by atoms with Crippen molar-refractivity contribution in [2.24, 2.45) is 0 Å². The van der Waals surface area contributed by atoms with Crippen LogP contribution in [0.15, 0.2) is 36.7 Å². The topological polar surface area (TPSA) is 66.9 Å². The van der Waals surface area contributed by atoms with Crippen molar-refractivity contribution < 1.29 is 4.79 Å². The number of hydrogen-bond donors (Lipinski definition) is 2. The molecule has 0 aliphatic heterocycles. The van der Waals surface area contributed by atoms with Crippen LogP contribution in [0.4, 0.5) is 5.95 Å². The summed E-state index contributed by atoms with van der Waals surface area (Å²) in [5, 5.41) is 7.18. The standard InChI is InChI=1S/C16H18Cl2N4O/c17-13-5-4-12(14(18)11-13)6-10-19-15(23)3-1-7-20-16-21-8-2-9-22-16/h2,4-5,8-9,11H,1,3,6-7,10H2,(H,19,23)(H,20,21,22). The van der Waals surface area contributed by atoms with Crippen LogP contribution in [-0.2, 0) is 11.2 Å². The molecule has 2 aromatic rings. The van der Waals surface area contributed by atoms with Crippen molar-refractivity contribution in [3.8, 4) is 0 Å². The molecule has 0 fully saturated rings. The van der Waals surface area contributed by atoms with E-state index in [1.165, 1.54) is 0 Å². The van der Waals surface area contributed by atoms with E-state index in [0.717, 1.165) is 5.56 Å². The molecule has 23 heavy (non-hydrogen) atoms. The fourth-order valence-electron chi connectivity index (χ4n) is 1.99. The van der Waals surface area contributed by atoms with E-state index < -0.39 is 0 Å². The average molecular weight is 353 g/mol. The molecule has 0 aliphatic carbocycles. The first-order chi connectivity index (χ1) is 11.1. The molecule has 5 nitrogen and oxygen atoms in total. The molecule has 0 aliphatic rings. The van der Waals surface area contributed by atoms with Gasteiger partial charge in [-0.2, -0.15) is 0 Å². The summed E-state index contributed by atoms with van der Waals surface area (Å²) < 4.78 is 0. The zero-order chi connectivity index (χ0) is 16.5. The molecule has 0 unspecified atom stereocenters. The predicted molar refractivity (Wildman–Crippen MR) is 92.9 cm³/mol. The molecule has 0 bridgehead atoms. The molecular formula is C16H18Cl2N4O. The average Bonchev–Trinajstić information content (AvgIpc) is 2.55. The Hall–Kier alpha value is -1.85. The number of benzene rings is 1. The Bertz CT molecular complexity index is 637. The van der Waals surface area contributed by atoms with Crippen molar-refractivity contribution in [2.75, 3.05) is 18.4 Å². The van der Waals surface area contributed by atoms with E-state index in [1.807, 2.05) is 6.07 Å². The normalized spacial score (nSPS) is 10.3. The molecule has 0 atom stereocenters. The van der Waals surface area contributed by atoms with Gasteiger partial charge < -0.3 is 10.6 Å². The van der Waals surface area contributed by atoms with Gasteiger partial charge in [-0.3, -0.25) is 4.79 Å². The first-order valence-electron chi connectivity index (χ1n) is 7.36. The summed E-state index contributed by atoms with van der Waals surface area (Å²) in [4.78, 5) is 19.9. The summed E-state index contributed by atoms with van der Waals surface area (Å²) in [6.07, 6.45) is 5.19. The number of rotatable bonds is 8. The van der Waals surface area contributed by atoms with Crippen molar-refractivity contribution in [3.05, 3.63) is 52.3 Å². The molecule has 1 amide bonds. The molecule has 0 saturated carbocycles. The number of anilines is 1. The van der Waals surface area contributed by atoms with Crippen LogP contribution in [0.3, 0.4) is 0 Å². The van der Waals surface area contributed by atoms with Crippen LogP contribution in [0.25, 0.3) is 0 Å². The second-order valence-electron chi connectivity index (χ2n) is 4.94. The third-order valence-corrected chi connectivity index (χ3v) is 3.75. The highest BCUT2D eigenvalue weighted by molar-refractivity contribution is 6.35. The second-order valence-corrected chi connectivity index (χ2v) is 5.78. The molecular weight excluding hydrogens is 335 g/mol. The van der Waals surface area contributed by atoms with Crippen LogP contribution >= 0.6 is 23.2 Å². The minimum atomic E-state index is 0.0193. The highest BCUT2D eigenvalue weighted by atomic mass is 35.5.